The summed E-state index contributed by atoms with van der Waals surface area (Å²) < 4.78 is 10.7. The van der Waals surface area contributed by atoms with Crippen LogP contribution in [0.2, 0.25) is 0 Å². The van der Waals surface area contributed by atoms with E-state index in [0.29, 0.717) is 19.4 Å². The second-order valence-corrected chi connectivity index (χ2v) is 8.65. The highest BCUT2D eigenvalue weighted by molar-refractivity contribution is 5.90. The van der Waals surface area contributed by atoms with Crippen LogP contribution < -0.4 is 5.32 Å². The number of rotatable bonds is 6. The zero-order chi connectivity index (χ0) is 21.6. The molecule has 2 amide bonds. The minimum atomic E-state index is -0.771. The normalized spacial score (nSPS) is 17.7. The van der Waals surface area contributed by atoms with Crippen molar-refractivity contribution in [2.75, 3.05) is 6.54 Å². The van der Waals surface area contributed by atoms with E-state index in [4.69, 9.17) is 9.47 Å². The van der Waals surface area contributed by atoms with Crippen molar-refractivity contribution in [3.05, 3.63) is 35.9 Å². The predicted octanol–water partition coefficient (Wildman–Crippen LogP) is 3.27. The zero-order valence-electron chi connectivity index (χ0n) is 17.9. The molecule has 1 fully saturated rings. The number of likely N-dealkylation sites (tertiary alicyclic amines) is 1. The Bertz CT molecular complexity index is 712. The first kappa shape index (κ1) is 22.7. The molecule has 0 aromatic heterocycles. The van der Waals surface area contributed by atoms with E-state index >= 15 is 0 Å². The predicted molar refractivity (Wildman–Crippen MR) is 109 cm³/mol. The molecule has 1 N–H and O–H groups in total. The molecule has 160 valence electrons. The Kier molecular flexibility index (Phi) is 7.65. The molecule has 7 heteroatoms. The summed E-state index contributed by atoms with van der Waals surface area (Å²) in [5.74, 6) is -0.860. The second kappa shape index (κ2) is 9.76. The van der Waals surface area contributed by atoms with Gasteiger partial charge in [0.25, 0.3) is 0 Å². The lowest BCUT2D eigenvalue weighted by Crippen LogP contribution is -2.54. The summed E-state index contributed by atoms with van der Waals surface area (Å²) in [4.78, 5) is 39.4. The maximum Gasteiger partial charge on any atom is 0.408 e. The SMILES string of the molecule is CC(C)[C@@H](NC(=O)OC(C)(C)C)C(=O)N1CCC[C@H]1C(=O)OCc1ccccc1. The molecule has 1 aromatic carbocycles. The minimum Gasteiger partial charge on any atom is -0.459 e. The van der Waals surface area contributed by atoms with Crippen LogP contribution in [0.1, 0.15) is 53.0 Å². The Labute approximate surface area is 172 Å². The van der Waals surface area contributed by atoms with Crippen LogP contribution in [-0.2, 0) is 25.7 Å². The van der Waals surface area contributed by atoms with E-state index in [-0.39, 0.29) is 18.4 Å². The molecule has 0 saturated carbocycles. The zero-order valence-corrected chi connectivity index (χ0v) is 17.9. The van der Waals surface area contributed by atoms with Gasteiger partial charge in [0.05, 0.1) is 0 Å². The molecular weight excluding hydrogens is 372 g/mol. The Morgan fingerprint density at radius 1 is 1.17 bits per heavy atom. The van der Waals surface area contributed by atoms with Gasteiger partial charge in [-0.25, -0.2) is 9.59 Å². The van der Waals surface area contributed by atoms with Crippen LogP contribution in [0, 0.1) is 5.92 Å². The fourth-order valence-electron chi connectivity index (χ4n) is 3.23. The van der Waals surface area contributed by atoms with Crippen LogP contribution in [0.15, 0.2) is 30.3 Å². The fraction of sp³-hybridized carbons (Fsp3) is 0.591. The average Bonchev–Trinajstić information content (AvgIpc) is 3.12. The highest BCUT2D eigenvalue weighted by atomic mass is 16.6. The van der Waals surface area contributed by atoms with Gasteiger partial charge in [0, 0.05) is 6.54 Å². The third kappa shape index (κ3) is 6.76. The number of esters is 1. The number of nitrogens with one attached hydrogen (secondary N) is 1. The Morgan fingerprint density at radius 3 is 2.41 bits per heavy atom. The van der Waals surface area contributed by atoms with Gasteiger partial charge in [-0.3, -0.25) is 4.79 Å². The van der Waals surface area contributed by atoms with Gasteiger partial charge >= 0.3 is 12.1 Å². The minimum absolute atomic E-state index is 0.156. The second-order valence-electron chi connectivity index (χ2n) is 8.65. The smallest absolute Gasteiger partial charge is 0.408 e. The van der Waals surface area contributed by atoms with Crippen molar-refractivity contribution in [3.63, 3.8) is 0 Å². The van der Waals surface area contributed by atoms with E-state index in [1.165, 1.54) is 4.90 Å². The van der Waals surface area contributed by atoms with Crippen molar-refractivity contribution < 1.29 is 23.9 Å². The number of alkyl carbamates (subject to hydrolysis) is 1. The lowest BCUT2D eigenvalue weighted by molar-refractivity contribution is -0.155. The number of carbonyl (C=O) groups is 3. The van der Waals surface area contributed by atoms with Crippen LogP contribution in [0.25, 0.3) is 0 Å². The first-order valence-electron chi connectivity index (χ1n) is 10.1. The van der Waals surface area contributed by atoms with Gasteiger partial charge in [-0.2, -0.15) is 0 Å². The van der Waals surface area contributed by atoms with Crippen molar-refractivity contribution in [3.8, 4) is 0 Å². The number of carbonyl (C=O) groups excluding carboxylic acids is 3. The number of hydrogen-bond acceptors (Lipinski definition) is 5. The standard InChI is InChI=1S/C22H32N2O5/c1-15(2)18(23-21(27)29-22(3,4)5)19(25)24-13-9-12-17(24)20(26)28-14-16-10-7-6-8-11-16/h6-8,10-11,15,17-18H,9,12-14H2,1-5H3,(H,23,27)/t17-,18+/m0/s1. The highest BCUT2D eigenvalue weighted by Gasteiger charge is 2.39. The van der Waals surface area contributed by atoms with E-state index < -0.39 is 29.7 Å². The van der Waals surface area contributed by atoms with Crippen molar-refractivity contribution in [2.24, 2.45) is 5.92 Å². The van der Waals surface area contributed by atoms with E-state index in [9.17, 15) is 14.4 Å². The molecule has 1 heterocycles. The third-order valence-corrected chi connectivity index (χ3v) is 4.64. The fourth-order valence-corrected chi connectivity index (χ4v) is 3.23. The number of ether oxygens (including phenoxy) is 2. The summed E-state index contributed by atoms with van der Waals surface area (Å²) in [5.41, 5.74) is 0.231. The van der Waals surface area contributed by atoms with Gasteiger partial charge in [-0.1, -0.05) is 44.2 Å². The molecule has 0 bridgehead atoms. The number of amides is 2. The molecule has 0 radical (unpaired) electrons. The first-order valence-corrected chi connectivity index (χ1v) is 10.1. The lowest BCUT2D eigenvalue weighted by Gasteiger charge is -2.30. The maximum absolute atomic E-state index is 13.1. The van der Waals surface area contributed by atoms with Gasteiger partial charge in [-0.05, 0) is 45.1 Å². The number of nitrogens with zero attached hydrogens (tertiary/aromatic N) is 1. The Balaban J connectivity index is 2.01. The summed E-state index contributed by atoms with van der Waals surface area (Å²) in [7, 11) is 0. The van der Waals surface area contributed by atoms with Gasteiger partial charge in [0.2, 0.25) is 5.91 Å². The first-order chi connectivity index (χ1) is 13.6. The number of hydrogen-bond donors (Lipinski definition) is 1. The van der Waals surface area contributed by atoms with Crippen LogP contribution in [0.5, 0.6) is 0 Å². The topological polar surface area (TPSA) is 84.9 Å². The average molecular weight is 405 g/mol. The van der Waals surface area contributed by atoms with Gasteiger partial charge < -0.3 is 19.7 Å². The van der Waals surface area contributed by atoms with E-state index in [1.807, 2.05) is 44.2 Å². The summed E-state index contributed by atoms with van der Waals surface area (Å²) in [6.45, 7) is 9.61. The van der Waals surface area contributed by atoms with Crippen molar-refractivity contribution in [2.45, 2.75) is 71.8 Å². The lowest BCUT2D eigenvalue weighted by atomic mass is 10.0. The maximum atomic E-state index is 13.1. The Hall–Kier alpha value is -2.57. The van der Waals surface area contributed by atoms with Crippen molar-refractivity contribution in [1.82, 2.24) is 10.2 Å². The molecule has 0 unspecified atom stereocenters. The molecule has 2 rings (SSSR count). The van der Waals surface area contributed by atoms with Crippen LogP contribution in [0.4, 0.5) is 4.79 Å². The molecule has 29 heavy (non-hydrogen) atoms. The van der Waals surface area contributed by atoms with Gasteiger partial charge in [-0.15, -0.1) is 0 Å². The molecule has 1 aromatic rings. The Morgan fingerprint density at radius 2 is 1.83 bits per heavy atom. The summed E-state index contributed by atoms with van der Waals surface area (Å²) in [6, 6.07) is 8.01. The monoisotopic (exact) mass is 404 g/mol. The molecule has 1 aliphatic rings. The van der Waals surface area contributed by atoms with Gasteiger partial charge in [0.1, 0.15) is 24.3 Å². The van der Waals surface area contributed by atoms with Crippen LogP contribution in [-0.4, -0.2) is 47.1 Å². The molecule has 1 saturated heterocycles. The molecular formula is C22H32N2O5. The van der Waals surface area contributed by atoms with Gasteiger partial charge in [0.15, 0.2) is 0 Å². The number of benzene rings is 1. The van der Waals surface area contributed by atoms with Crippen molar-refractivity contribution in [1.29, 1.82) is 0 Å². The van der Waals surface area contributed by atoms with Crippen LogP contribution >= 0.6 is 0 Å². The van der Waals surface area contributed by atoms with E-state index in [2.05, 4.69) is 5.32 Å². The summed E-state index contributed by atoms with van der Waals surface area (Å²) in [5, 5.41) is 2.66. The summed E-state index contributed by atoms with van der Waals surface area (Å²) in [6.07, 6.45) is 0.622. The molecule has 7 nitrogen and oxygen atoms in total. The molecule has 1 aliphatic heterocycles. The molecule has 2 atom stereocenters. The summed E-state index contributed by atoms with van der Waals surface area (Å²) >= 11 is 0. The quantitative estimate of drug-likeness (QED) is 0.736. The van der Waals surface area contributed by atoms with E-state index in [0.717, 1.165) is 5.56 Å². The molecule has 0 aliphatic carbocycles. The third-order valence-electron chi connectivity index (χ3n) is 4.64. The largest absolute Gasteiger partial charge is 0.459 e. The van der Waals surface area contributed by atoms with Crippen LogP contribution in [0.3, 0.4) is 0 Å². The highest BCUT2D eigenvalue weighted by Crippen LogP contribution is 2.22. The molecule has 0 spiro atoms. The van der Waals surface area contributed by atoms with Crippen molar-refractivity contribution >= 4 is 18.0 Å². The van der Waals surface area contributed by atoms with E-state index in [1.54, 1.807) is 20.8 Å².